The fraction of sp³-hybridized carbons (Fsp3) is 0.300. The zero-order valence-corrected chi connectivity index (χ0v) is 14.7. The van der Waals surface area contributed by atoms with Crippen LogP contribution in [0.5, 0.6) is 0 Å². The van der Waals surface area contributed by atoms with Crippen molar-refractivity contribution >= 4 is 17.5 Å². The summed E-state index contributed by atoms with van der Waals surface area (Å²) in [5.74, 6) is -2.10. The number of hydrogen-bond donors (Lipinski definition) is 2. The average Bonchev–Trinajstić information content (AvgIpc) is 3.34. The van der Waals surface area contributed by atoms with Crippen LogP contribution in [0, 0.1) is 25.5 Å². The van der Waals surface area contributed by atoms with Crippen molar-refractivity contribution in [2.24, 2.45) is 0 Å². The smallest absolute Gasteiger partial charge is 0.233 e. The number of anilines is 1. The molecule has 1 fully saturated rings. The highest BCUT2D eigenvalue weighted by atomic mass is 19.1. The number of benzene rings is 2. The van der Waals surface area contributed by atoms with Crippen molar-refractivity contribution in [3.63, 3.8) is 0 Å². The van der Waals surface area contributed by atoms with Gasteiger partial charge < -0.3 is 10.6 Å². The Kier molecular flexibility index (Phi) is 4.76. The van der Waals surface area contributed by atoms with Gasteiger partial charge in [-0.25, -0.2) is 8.78 Å². The molecule has 2 N–H and O–H groups in total. The number of hydrogen-bond acceptors (Lipinski definition) is 2. The standard InChI is InChI=1S/C20H20F2N2O2/c1-12-4-3-5-17(13(12)2)23-18(25)11-19(26)24-20(8-9-20)15-10-14(21)6-7-16(15)22/h3-7,10H,8-9,11H2,1-2H3,(H,23,25)(H,24,26). The molecule has 0 radical (unpaired) electrons. The van der Waals surface area contributed by atoms with Crippen LogP contribution in [0.1, 0.15) is 36.0 Å². The predicted molar refractivity (Wildman–Crippen MR) is 94.6 cm³/mol. The molecule has 0 bridgehead atoms. The van der Waals surface area contributed by atoms with Crippen molar-refractivity contribution in [1.82, 2.24) is 5.32 Å². The van der Waals surface area contributed by atoms with Gasteiger partial charge in [-0.15, -0.1) is 0 Å². The van der Waals surface area contributed by atoms with Crippen LogP contribution in [0.4, 0.5) is 14.5 Å². The lowest BCUT2D eigenvalue weighted by atomic mass is 10.0. The van der Waals surface area contributed by atoms with Crippen LogP contribution in [0.3, 0.4) is 0 Å². The largest absolute Gasteiger partial charge is 0.346 e. The number of nitrogens with one attached hydrogen (secondary N) is 2. The fourth-order valence-corrected chi connectivity index (χ4v) is 2.99. The van der Waals surface area contributed by atoms with E-state index in [0.29, 0.717) is 18.5 Å². The minimum absolute atomic E-state index is 0.126. The second-order valence-electron chi connectivity index (χ2n) is 6.73. The molecule has 26 heavy (non-hydrogen) atoms. The van der Waals surface area contributed by atoms with Gasteiger partial charge in [0.25, 0.3) is 0 Å². The number of amides is 2. The Morgan fingerprint density at radius 3 is 2.50 bits per heavy atom. The lowest BCUT2D eigenvalue weighted by Gasteiger charge is -2.19. The third kappa shape index (κ3) is 3.74. The van der Waals surface area contributed by atoms with Crippen LogP contribution >= 0.6 is 0 Å². The highest BCUT2D eigenvalue weighted by Gasteiger charge is 2.47. The van der Waals surface area contributed by atoms with Gasteiger partial charge in [0, 0.05) is 11.3 Å². The molecule has 0 spiro atoms. The summed E-state index contributed by atoms with van der Waals surface area (Å²) in [5.41, 5.74) is 1.83. The number of carbonyl (C=O) groups excluding carboxylic acids is 2. The zero-order valence-electron chi connectivity index (χ0n) is 14.7. The zero-order chi connectivity index (χ0) is 18.9. The summed E-state index contributed by atoms with van der Waals surface area (Å²) in [6, 6.07) is 8.70. The fourth-order valence-electron chi connectivity index (χ4n) is 2.99. The van der Waals surface area contributed by atoms with Crippen LogP contribution in [0.2, 0.25) is 0 Å². The topological polar surface area (TPSA) is 58.2 Å². The minimum Gasteiger partial charge on any atom is -0.346 e. The molecule has 1 aliphatic carbocycles. The van der Waals surface area contributed by atoms with Crippen LogP contribution < -0.4 is 10.6 Å². The lowest BCUT2D eigenvalue weighted by molar-refractivity contribution is -0.127. The Labute approximate surface area is 150 Å². The maximum absolute atomic E-state index is 14.0. The van der Waals surface area contributed by atoms with Gasteiger partial charge in [-0.1, -0.05) is 12.1 Å². The van der Waals surface area contributed by atoms with Crippen LogP contribution in [-0.4, -0.2) is 11.8 Å². The maximum Gasteiger partial charge on any atom is 0.233 e. The van der Waals surface area contributed by atoms with Crippen molar-refractivity contribution in [2.75, 3.05) is 5.32 Å². The van der Waals surface area contributed by atoms with Gasteiger partial charge in [0.2, 0.25) is 11.8 Å². The number of halogens is 2. The molecular formula is C20H20F2N2O2. The molecule has 1 saturated carbocycles. The van der Waals surface area contributed by atoms with E-state index in [2.05, 4.69) is 10.6 Å². The third-order valence-electron chi connectivity index (χ3n) is 4.77. The van der Waals surface area contributed by atoms with E-state index in [1.54, 1.807) is 6.07 Å². The van der Waals surface area contributed by atoms with E-state index in [0.717, 1.165) is 29.3 Å². The van der Waals surface area contributed by atoms with E-state index < -0.39 is 29.0 Å². The van der Waals surface area contributed by atoms with E-state index in [1.807, 2.05) is 26.0 Å². The van der Waals surface area contributed by atoms with Crippen LogP contribution in [0.15, 0.2) is 36.4 Å². The predicted octanol–water partition coefficient (Wildman–Crippen LogP) is 3.72. The van der Waals surface area contributed by atoms with E-state index >= 15 is 0 Å². The summed E-state index contributed by atoms with van der Waals surface area (Å²) in [6.45, 7) is 3.82. The Morgan fingerprint density at radius 2 is 1.81 bits per heavy atom. The Morgan fingerprint density at radius 1 is 1.08 bits per heavy atom. The van der Waals surface area contributed by atoms with E-state index in [-0.39, 0.29) is 12.0 Å². The summed E-state index contributed by atoms with van der Waals surface area (Å²) in [7, 11) is 0. The van der Waals surface area contributed by atoms with Gasteiger partial charge >= 0.3 is 0 Å². The summed E-state index contributed by atoms with van der Waals surface area (Å²) in [4.78, 5) is 24.4. The number of rotatable bonds is 5. The summed E-state index contributed by atoms with van der Waals surface area (Å²) >= 11 is 0. The van der Waals surface area contributed by atoms with Gasteiger partial charge in [0.05, 0.1) is 5.54 Å². The average molecular weight is 358 g/mol. The molecule has 0 saturated heterocycles. The van der Waals surface area contributed by atoms with Crippen molar-refractivity contribution in [3.8, 4) is 0 Å². The van der Waals surface area contributed by atoms with Gasteiger partial charge in [-0.05, 0) is 62.1 Å². The summed E-state index contributed by atoms with van der Waals surface area (Å²) in [6.07, 6.45) is 0.640. The van der Waals surface area contributed by atoms with E-state index in [4.69, 9.17) is 0 Å². The Balaban J connectivity index is 1.64. The van der Waals surface area contributed by atoms with E-state index in [9.17, 15) is 18.4 Å². The molecule has 1 aliphatic rings. The van der Waals surface area contributed by atoms with Crippen molar-refractivity contribution in [1.29, 1.82) is 0 Å². The summed E-state index contributed by atoms with van der Waals surface area (Å²) < 4.78 is 27.4. The first-order valence-electron chi connectivity index (χ1n) is 8.43. The molecule has 6 heteroatoms. The summed E-state index contributed by atoms with van der Waals surface area (Å²) in [5, 5.41) is 5.40. The van der Waals surface area contributed by atoms with Crippen LogP contribution in [-0.2, 0) is 15.1 Å². The number of carbonyl (C=O) groups is 2. The highest BCUT2D eigenvalue weighted by Crippen LogP contribution is 2.46. The second-order valence-corrected chi connectivity index (χ2v) is 6.73. The molecule has 0 atom stereocenters. The third-order valence-corrected chi connectivity index (χ3v) is 4.77. The molecule has 2 amide bonds. The van der Waals surface area contributed by atoms with Crippen molar-refractivity contribution in [3.05, 3.63) is 64.7 Å². The maximum atomic E-state index is 14.0. The lowest BCUT2D eigenvalue weighted by Crippen LogP contribution is -2.37. The molecule has 0 unspecified atom stereocenters. The molecule has 2 aromatic rings. The monoisotopic (exact) mass is 358 g/mol. The highest BCUT2D eigenvalue weighted by molar-refractivity contribution is 6.04. The SMILES string of the molecule is Cc1cccc(NC(=O)CC(=O)NC2(c3cc(F)ccc3F)CC2)c1C. The second kappa shape index (κ2) is 6.86. The van der Waals surface area contributed by atoms with Gasteiger partial charge in [0.15, 0.2) is 0 Å². The molecule has 3 rings (SSSR count). The first-order chi connectivity index (χ1) is 12.3. The molecule has 4 nitrogen and oxygen atoms in total. The molecule has 0 aliphatic heterocycles. The van der Waals surface area contributed by atoms with Gasteiger partial charge in [0.1, 0.15) is 18.1 Å². The first kappa shape index (κ1) is 18.0. The van der Waals surface area contributed by atoms with Crippen LogP contribution in [0.25, 0.3) is 0 Å². The van der Waals surface area contributed by atoms with Crippen molar-refractivity contribution in [2.45, 2.75) is 38.6 Å². The normalized spacial score (nSPS) is 14.6. The number of aryl methyl sites for hydroxylation is 1. The quantitative estimate of drug-likeness (QED) is 0.801. The molecule has 0 aromatic heterocycles. The van der Waals surface area contributed by atoms with Gasteiger partial charge in [-0.2, -0.15) is 0 Å². The van der Waals surface area contributed by atoms with E-state index in [1.165, 1.54) is 0 Å². The molecule has 136 valence electrons. The minimum atomic E-state index is -0.914. The Bertz CT molecular complexity index is 876. The molecule has 2 aromatic carbocycles. The molecule has 0 heterocycles. The Hall–Kier alpha value is -2.76. The first-order valence-corrected chi connectivity index (χ1v) is 8.43. The van der Waals surface area contributed by atoms with Gasteiger partial charge in [-0.3, -0.25) is 9.59 Å². The molecular weight excluding hydrogens is 338 g/mol. The van der Waals surface area contributed by atoms with Crippen molar-refractivity contribution < 1.29 is 18.4 Å².